The molecule has 0 saturated carbocycles. The molecule has 0 aliphatic carbocycles. The zero-order valence-corrected chi connectivity index (χ0v) is 12.3. The molecule has 114 valence electrons. The van der Waals surface area contributed by atoms with Gasteiger partial charge in [0.2, 0.25) is 0 Å². The van der Waals surface area contributed by atoms with E-state index < -0.39 is 5.97 Å². The fourth-order valence-corrected chi connectivity index (χ4v) is 2.18. The van der Waals surface area contributed by atoms with E-state index in [1.54, 1.807) is 18.2 Å². The molecule has 0 atom stereocenters. The Morgan fingerprint density at radius 2 is 1.78 bits per heavy atom. The van der Waals surface area contributed by atoms with Gasteiger partial charge in [0.1, 0.15) is 5.82 Å². The van der Waals surface area contributed by atoms with Crippen LogP contribution in [0.3, 0.4) is 0 Å². The van der Waals surface area contributed by atoms with Crippen LogP contribution in [0.2, 0.25) is 0 Å². The molecule has 3 aromatic rings. The Morgan fingerprint density at radius 3 is 2.48 bits per heavy atom. The summed E-state index contributed by atoms with van der Waals surface area (Å²) in [5.74, 6) is -0.284. The number of anilines is 1. The molecular weight excluding hydrogens is 290 g/mol. The van der Waals surface area contributed by atoms with Crippen molar-refractivity contribution in [1.29, 1.82) is 0 Å². The Hall–Kier alpha value is -3.21. The van der Waals surface area contributed by atoms with Gasteiger partial charge in [-0.3, -0.25) is 0 Å². The first-order chi connectivity index (χ1) is 11.2. The third-order valence-electron chi connectivity index (χ3n) is 3.39. The zero-order valence-electron chi connectivity index (χ0n) is 12.3. The van der Waals surface area contributed by atoms with Gasteiger partial charge in [0.05, 0.1) is 11.3 Å². The number of nitrogens with zero attached hydrogens (tertiary/aromatic N) is 2. The fraction of sp³-hybridized carbons (Fsp3) is 0.0556. The van der Waals surface area contributed by atoms with Gasteiger partial charge in [-0.1, -0.05) is 42.5 Å². The largest absolute Gasteiger partial charge is 0.478 e. The minimum Gasteiger partial charge on any atom is -0.478 e. The minimum absolute atomic E-state index is 0.232. The average Bonchev–Trinajstić information content (AvgIpc) is 2.61. The van der Waals surface area contributed by atoms with Crippen LogP contribution in [0.15, 0.2) is 66.7 Å². The third kappa shape index (κ3) is 3.71. The van der Waals surface area contributed by atoms with Crippen LogP contribution in [-0.2, 0) is 6.54 Å². The highest BCUT2D eigenvalue weighted by Crippen LogP contribution is 2.18. The predicted molar refractivity (Wildman–Crippen MR) is 88.2 cm³/mol. The van der Waals surface area contributed by atoms with Crippen LogP contribution in [0.1, 0.15) is 15.9 Å². The van der Waals surface area contributed by atoms with Crippen molar-refractivity contribution in [2.24, 2.45) is 0 Å². The van der Waals surface area contributed by atoms with Crippen LogP contribution in [-0.4, -0.2) is 21.3 Å². The van der Waals surface area contributed by atoms with Gasteiger partial charge in [0.15, 0.2) is 0 Å². The molecule has 23 heavy (non-hydrogen) atoms. The smallest absolute Gasteiger partial charge is 0.335 e. The Balaban J connectivity index is 1.72. The highest BCUT2D eigenvalue weighted by molar-refractivity contribution is 5.89. The lowest BCUT2D eigenvalue weighted by Crippen LogP contribution is -2.02. The minimum atomic E-state index is -0.957. The van der Waals surface area contributed by atoms with E-state index in [2.05, 4.69) is 15.5 Å². The number of carboxylic acids is 1. The van der Waals surface area contributed by atoms with Crippen molar-refractivity contribution in [2.75, 3.05) is 5.32 Å². The first-order valence-electron chi connectivity index (χ1n) is 7.17. The van der Waals surface area contributed by atoms with E-state index in [4.69, 9.17) is 5.11 Å². The molecule has 5 heteroatoms. The number of benzene rings is 2. The molecule has 0 fully saturated rings. The van der Waals surface area contributed by atoms with Crippen molar-refractivity contribution in [1.82, 2.24) is 10.2 Å². The highest BCUT2D eigenvalue weighted by atomic mass is 16.4. The topological polar surface area (TPSA) is 75.1 Å². The van der Waals surface area contributed by atoms with Gasteiger partial charge in [-0.05, 0) is 29.8 Å². The van der Waals surface area contributed by atoms with Gasteiger partial charge in [-0.15, -0.1) is 10.2 Å². The van der Waals surface area contributed by atoms with Crippen LogP contribution in [0, 0.1) is 0 Å². The number of aromatic carboxylic acids is 1. The summed E-state index contributed by atoms with van der Waals surface area (Å²) in [6.07, 6.45) is 0. The second kappa shape index (κ2) is 6.70. The molecule has 5 nitrogen and oxygen atoms in total. The lowest BCUT2D eigenvalue weighted by atomic mass is 10.1. The van der Waals surface area contributed by atoms with Crippen LogP contribution < -0.4 is 5.32 Å². The van der Waals surface area contributed by atoms with Crippen molar-refractivity contribution in [3.63, 3.8) is 0 Å². The van der Waals surface area contributed by atoms with E-state index in [-0.39, 0.29) is 5.56 Å². The van der Waals surface area contributed by atoms with E-state index in [9.17, 15) is 4.79 Å². The summed E-state index contributed by atoms with van der Waals surface area (Å²) in [6.45, 7) is 0.670. The molecule has 0 bridgehead atoms. The molecular formula is C18H15N3O2. The number of carbonyl (C=O) groups is 1. The maximum absolute atomic E-state index is 11.0. The normalized spacial score (nSPS) is 10.3. The van der Waals surface area contributed by atoms with E-state index in [0.29, 0.717) is 18.1 Å². The van der Waals surface area contributed by atoms with E-state index in [1.165, 1.54) is 0 Å². The lowest BCUT2D eigenvalue weighted by molar-refractivity contribution is 0.0697. The molecule has 3 rings (SSSR count). The van der Waals surface area contributed by atoms with Crippen molar-refractivity contribution in [2.45, 2.75) is 6.54 Å². The number of hydrogen-bond acceptors (Lipinski definition) is 4. The van der Waals surface area contributed by atoms with Gasteiger partial charge >= 0.3 is 5.97 Å². The number of hydrogen-bond donors (Lipinski definition) is 2. The van der Waals surface area contributed by atoms with Crippen LogP contribution >= 0.6 is 0 Å². The van der Waals surface area contributed by atoms with Crippen LogP contribution in [0.4, 0.5) is 5.82 Å². The van der Waals surface area contributed by atoms with Crippen molar-refractivity contribution >= 4 is 11.8 Å². The molecule has 1 aromatic heterocycles. The Labute approximate surface area is 133 Å². The zero-order chi connectivity index (χ0) is 16.1. The standard InChI is InChI=1S/C18H15N3O2/c22-18(23)15-8-4-7-14(11-15)16-9-10-17(21-20-16)19-12-13-5-2-1-3-6-13/h1-11H,12H2,(H,19,21)(H,22,23). The number of nitrogens with one attached hydrogen (secondary N) is 1. The summed E-state index contributed by atoms with van der Waals surface area (Å²) in [5, 5.41) is 20.5. The summed E-state index contributed by atoms with van der Waals surface area (Å²) < 4.78 is 0. The summed E-state index contributed by atoms with van der Waals surface area (Å²) in [4.78, 5) is 11.0. The number of carboxylic acid groups (broad SMARTS) is 1. The van der Waals surface area contributed by atoms with Crippen molar-refractivity contribution in [3.05, 3.63) is 77.9 Å². The second-order valence-electron chi connectivity index (χ2n) is 5.03. The van der Waals surface area contributed by atoms with E-state index in [0.717, 1.165) is 11.1 Å². The molecule has 2 N–H and O–H groups in total. The molecule has 0 unspecified atom stereocenters. The van der Waals surface area contributed by atoms with Gasteiger partial charge in [-0.25, -0.2) is 4.79 Å². The maximum atomic E-state index is 11.0. The summed E-state index contributed by atoms with van der Waals surface area (Å²) in [5.41, 5.74) is 2.76. The molecule has 2 aromatic carbocycles. The molecule has 0 amide bonds. The molecule has 0 aliphatic heterocycles. The Bertz CT molecular complexity index is 802. The Morgan fingerprint density at radius 1 is 0.957 bits per heavy atom. The van der Waals surface area contributed by atoms with E-state index >= 15 is 0 Å². The third-order valence-corrected chi connectivity index (χ3v) is 3.39. The summed E-state index contributed by atoms with van der Waals surface area (Å²) >= 11 is 0. The van der Waals surface area contributed by atoms with Crippen LogP contribution in [0.25, 0.3) is 11.3 Å². The van der Waals surface area contributed by atoms with Gasteiger partial charge in [-0.2, -0.15) is 0 Å². The second-order valence-corrected chi connectivity index (χ2v) is 5.03. The molecule has 0 radical (unpaired) electrons. The number of aromatic nitrogens is 2. The number of rotatable bonds is 5. The maximum Gasteiger partial charge on any atom is 0.335 e. The average molecular weight is 305 g/mol. The van der Waals surface area contributed by atoms with Gasteiger partial charge < -0.3 is 10.4 Å². The fourth-order valence-electron chi connectivity index (χ4n) is 2.18. The highest BCUT2D eigenvalue weighted by Gasteiger charge is 2.06. The van der Waals surface area contributed by atoms with E-state index in [1.807, 2.05) is 48.5 Å². The van der Waals surface area contributed by atoms with Gasteiger partial charge in [0.25, 0.3) is 0 Å². The predicted octanol–water partition coefficient (Wildman–Crippen LogP) is 3.45. The Kier molecular flexibility index (Phi) is 4.29. The van der Waals surface area contributed by atoms with Crippen molar-refractivity contribution in [3.8, 4) is 11.3 Å². The molecule has 0 spiro atoms. The van der Waals surface area contributed by atoms with Gasteiger partial charge in [0, 0.05) is 12.1 Å². The SMILES string of the molecule is O=C(O)c1cccc(-c2ccc(NCc3ccccc3)nn2)c1. The summed E-state index contributed by atoms with van der Waals surface area (Å²) in [7, 11) is 0. The van der Waals surface area contributed by atoms with Crippen molar-refractivity contribution < 1.29 is 9.90 Å². The summed E-state index contributed by atoms with van der Waals surface area (Å²) in [6, 6.07) is 20.3. The monoisotopic (exact) mass is 305 g/mol. The quantitative estimate of drug-likeness (QED) is 0.755. The first kappa shape index (κ1) is 14.7. The first-order valence-corrected chi connectivity index (χ1v) is 7.17. The molecule has 0 aliphatic rings. The molecule has 1 heterocycles. The lowest BCUT2D eigenvalue weighted by Gasteiger charge is -2.06. The molecule has 0 saturated heterocycles. The van der Waals surface area contributed by atoms with Crippen LogP contribution in [0.5, 0.6) is 0 Å².